The molecule has 0 radical (unpaired) electrons. The van der Waals surface area contributed by atoms with E-state index in [1.165, 1.54) is 12.3 Å². The lowest BCUT2D eigenvalue weighted by Crippen LogP contribution is -2.06. The summed E-state index contributed by atoms with van der Waals surface area (Å²) >= 11 is 3.15. The van der Waals surface area contributed by atoms with E-state index < -0.39 is 11.7 Å². The van der Waals surface area contributed by atoms with E-state index in [2.05, 4.69) is 25.9 Å². The second-order valence-electron chi connectivity index (χ2n) is 2.88. The van der Waals surface area contributed by atoms with Gasteiger partial charge in [0.1, 0.15) is 6.33 Å². The first-order chi connectivity index (χ1) is 7.00. The molecule has 0 bridgehead atoms. The maximum atomic E-state index is 12.6. The molecule has 1 aromatic carbocycles. The van der Waals surface area contributed by atoms with E-state index in [0.29, 0.717) is 9.86 Å². The molecule has 0 atom stereocenters. The van der Waals surface area contributed by atoms with E-state index in [1.807, 2.05) is 0 Å². The van der Waals surface area contributed by atoms with Crippen molar-refractivity contribution in [3.63, 3.8) is 0 Å². The predicted octanol–water partition coefficient (Wildman–Crippen LogP) is 3.41. The zero-order chi connectivity index (χ0) is 11.1. The lowest BCUT2D eigenvalue weighted by Gasteiger charge is -2.09. The third-order valence-electron chi connectivity index (χ3n) is 1.93. The van der Waals surface area contributed by atoms with Gasteiger partial charge in [-0.3, -0.25) is 0 Å². The normalized spacial score (nSPS) is 12.0. The van der Waals surface area contributed by atoms with Gasteiger partial charge >= 0.3 is 6.18 Å². The van der Waals surface area contributed by atoms with Gasteiger partial charge in [0.2, 0.25) is 0 Å². The van der Waals surface area contributed by atoms with E-state index in [0.717, 1.165) is 12.4 Å². The fourth-order valence-electron chi connectivity index (χ4n) is 1.27. The molecule has 0 spiro atoms. The van der Waals surface area contributed by atoms with Crippen molar-refractivity contribution in [2.75, 3.05) is 0 Å². The zero-order valence-electron chi connectivity index (χ0n) is 7.22. The standard InChI is InChI=1S/C9H4BrF3N2/c10-7-2-1-6(9(11,12)13)8-5(7)3-14-4-15-8/h1-4H. The number of benzene rings is 1. The average Bonchev–Trinajstić information content (AvgIpc) is 2.17. The van der Waals surface area contributed by atoms with Crippen LogP contribution in [0.3, 0.4) is 0 Å². The number of hydrogen-bond donors (Lipinski definition) is 0. The number of aromatic nitrogens is 2. The molecule has 78 valence electrons. The van der Waals surface area contributed by atoms with Crippen LogP contribution in [-0.2, 0) is 6.18 Å². The molecule has 1 heterocycles. The zero-order valence-corrected chi connectivity index (χ0v) is 8.80. The van der Waals surface area contributed by atoms with Crippen molar-refractivity contribution in [3.05, 3.63) is 34.7 Å². The Bertz CT molecular complexity index is 510. The minimum Gasteiger partial charge on any atom is -0.244 e. The third kappa shape index (κ3) is 1.81. The van der Waals surface area contributed by atoms with Gasteiger partial charge in [0.15, 0.2) is 0 Å². The minimum absolute atomic E-state index is 0.0909. The fourth-order valence-corrected chi connectivity index (χ4v) is 1.70. The van der Waals surface area contributed by atoms with Crippen molar-refractivity contribution in [1.82, 2.24) is 9.97 Å². The number of nitrogens with zero attached hydrogens (tertiary/aromatic N) is 2. The van der Waals surface area contributed by atoms with Crippen molar-refractivity contribution in [2.45, 2.75) is 6.18 Å². The van der Waals surface area contributed by atoms with Crippen molar-refractivity contribution in [3.8, 4) is 0 Å². The molecule has 0 fully saturated rings. The van der Waals surface area contributed by atoms with Crippen LogP contribution < -0.4 is 0 Å². The number of hydrogen-bond acceptors (Lipinski definition) is 2. The van der Waals surface area contributed by atoms with Crippen molar-refractivity contribution >= 4 is 26.8 Å². The van der Waals surface area contributed by atoms with Crippen LogP contribution in [0.4, 0.5) is 13.2 Å². The molecule has 2 rings (SSSR count). The quantitative estimate of drug-likeness (QED) is 0.737. The van der Waals surface area contributed by atoms with Crippen LogP contribution in [0.2, 0.25) is 0 Å². The van der Waals surface area contributed by atoms with Gasteiger partial charge in [0, 0.05) is 16.1 Å². The first-order valence-electron chi connectivity index (χ1n) is 3.95. The molecule has 0 N–H and O–H groups in total. The van der Waals surface area contributed by atoms with Crippen LogP contribution in [0.5, 0.6) is 0 Å². The SMILES string of the molecule is FC(F)(F)c1ccc(Br)c2cncnc12. The molecule has 2 nitrogen and oxygen atoms in total. The molecule has 0 saturated heterocycles. The van der Waals surface area contributed by atoms with Crippen LogP contribution in [0.25, 0.3) is 10.9 Å². The molecule has 0 aliphatic rings. The summed E-state index contributed by atoms with van der Waals surface area (Å²) in [7, 11) is 0. The van der Waals surface area contributed by atoms with Crippen molar-refractivity contribution in [2.24, 2.45) is 0 Å². The van der Waals surface area contributed by atoms with Crippen LogP contribution in [0.15, 0.2) is 29.1 Å². The van der Waals surface area contributed by atoms with Gasteiger partial charge in [-0.25, -0.2) is 9.97 Å². The highest BCUT2D eigenvalue weighted by Gasteiger charge is 2.33. The Morgan fingerprint density at radius 2 is 1.93 bits per heavy atom. The lowest BCUT2D eigenvalue weighted by atomic mass is 10.1. The minimum atomic E-state index is -4.40. The van der Waals surface area contributed by atoms with E-state index in [4.69, 9.17) is 0 Å². The van der Waals surface area contributed by atoms with E-state index in [-0.39, 0.29) is 5.52 Å². The lowest BCUT2D eigenvalue weighted by molar-refractivity contribution is -0.136. The van der Waals surface area contributed by atoms with Crippen LogP contribution in [0.1, 0.15) is 5.56 Å². The molecule has 0 amide bonds. The van der Waals surface area contributed by atoms with Crippen LogP contribution >= 0.6 is 15.9 Å². The highest BCUT2D eigenvalue weighted by atomic mass is 79.9. The predicted molar refractivity (Wildman–Crippen MR) is 52.2 cm³/mol. The first kappa shape index (κ1) is 10.4. The van der Waals surface area contributed by atoms with E-state index in [1.54, 1.807) is 0 Å². The van der Waals surface area contributed by atoms with E-state index in [9.17, 15) is 13.2 Å². The van der Waals surface area contributed by atoms with Crippen molar-refractivity contribution < 1.29 is 13.2 Å². The van der Waals surface area contributed by atoms with Gasteiger partial charge in [0.25, 0.3) is 0 Å². The molecule has 0 aliphatic heterocycles. The number of rotatable bonds is 0. The highest BCUT2D eigenvalue weighted by Crippen LogP contribution is 2.35. The third-order valence-corrected chi connectivity index (χ3v) is 2.62. The number of halogens is 4. The Hall–Kier alpha value is -1.17. The Balaban J connectivity index is 2.84. The maximum Gasteiger partial charge on any atom is 0.418 e. The topological polar surface area (TPSA) is 25.8 Å². The molecular weight excluding hydrogens is 273 g/mol. The Morgan fingerprint density at radius 1 is 1.20 bits per heavy atom. The number of alkyl halides is 3. The van der Waals surface area contributed by atoms with Gasteiger partial charge in [-0.05, 0) is 12.1 Å². The summed E-state index contributed by atoms with van der Waals surface area (Å²) in [6.07, 6.45) is -1.95. The molecule has 6 heteroatoms. The molecular formula is C9H4BrF3N2. The summed E-state index contributed by atoms with van der Waals surface area (Å²) in [4.78, 5) is 7.34. The maximum absolute atomic E-state index is 12.6. The Kier molecular flexibility index (Phi) is 2.38. The summed E-state index contributed by atoms with van der Waals surface area (Å²) in [6.45, 7) is 0. The second kappa shape index (κ2) is 3.44. The summed E-state index contributed by atoms with van der Waals surface area (Å²) in [5, 5.41) is 0.354. The van der Waals surface area contributed by atoms with Gasteiger partial charge in [-0.15, -0.1) is 0 Å². The Morgan fingerprint density at radius 3 is 2.60 bits per heavy atom. The number of fused-ring (bicyclic) bond motifs is 1. The van der Waals surface area contributed by atoms with Gasteiger partial charge in [0.05, 0.1) is 11.1 Å². The van der Waals surface area contributed by atoms with Gasteiger partial charge in [-0.2, -0.15) is 13.2 Å². The van der Waals surface area contributed by atoms with Gasteiger partial charge in [-0.1, -0.05) is 15.9 Å². The van der Waals surface area contributed by atoms with Crippen molar-refractivity contribution in [1.29, 1.82) is 0 Å². The molecule has 0 aliphatic carbocycles. The summed E-state index contributed by atoms with van der Waals surface area (Å²) < 4.78 is 38.3. The highest BCUT2D eigenvalue weighted by molar-refractivity contribution is 9.10. The Labute approximate surface area is 91.3 Å². The van der Waals surface area contributed by atoms with E-state index >= 15 is 0 Å². The molecule has 2 aromatic rings. The smallest absolute Gasteiger partial charge is 0.244 e. The van der Waals surface area contributed by atoms with Crippen LogP contribution in [-0.4, -0.2) is 9.97 Å². The average molecular weight is 277 g/mol. The summed E-state index contributed by atoms with van der Waals surface area (Å²) in [5.74, 6) is 0. The second-order valence-corrected chi connectivity index (χ2v) is 3.73. The summed E-state index contributed by atoms with van der Waals surface area (Å²) in [6, 6.07) is 2.34. The first-order valence-corrected chi connectivity index (χ1v) is 4.75. The molecule has 1 aromatic heterocycles. The molecule has 0 unspecified atom stereocenters. The summed E-state index contributed by atoms with van der Waals surface area (Å²) in [5.41, 5.74) is -0.838. The van der Waals surface area contributed by atoms with Gasteiger partial charge < -0.3 is 0 Å². The fraction of sp³-hybridized carbons (Fsp3) is 0.111. The largest absolute Gasteiger partial charge is 0.418 e. The monoisotopic (exact) mass is 276 g/mol. The molecule has 0 saturated carbocycles. The molecule has 15 heavy (non-hydrogen) atoms. The van der Waals surface area contributed by atoms with Crippen LogP contribution in [0, 0.1) is 0 Å².